The van der Waals surface area contributed by atoms with Gasteiger partial charge in [0.05, 0.1) is 12.1 Å². The monoisotopic (exact) mass is 303 g/mol. The van der Waals surface area contributed by atoms with E-state index < -0.39 is 5.82 Å². The minimum absolute atomic E-state index is 0.0602. The molecule has 106 valence electrons. The summed E-state index contributed by atoms with van der Waals surface area (Å²) in [6.45, 7) is 0. The molecule has 5 heteroatoms. The average Bonchev–Trinajstić information content (AvgIpc) is 2.50. The van der Waals surface area contributed by atoms with E-state index in [0.29, 0.717) is 27.6 Å². The molecule has 0 spiro atoms. The fraction of sp³-hybridized carbons (Fsp3) is 0.0625. The van der Waals surface area contributed by atoms with E-state index >= 15 is 0 Å². The molecule has 0 amide bonds. The number of pyridine rings is 1. The first-order chi connectivity index (χ1) is 10.1. The SMILES string of the molecule is COc1ccc2c(=O)[nH]cc(-c3ccc(Cl)c(F)c3)c2c1. The smallest absolute Gasteiger partial charge is 0.255 e. The molecule has 1 heterocycles. The van der Waals surface area contributed by atoms with Crippen LogP contribution < -0.4 is 10.3 Å². The third kappa shape index (κ3) is 2.38. The average molecular weight is 304 g/mol. The van der Waals surface area contributed by atoms with Crippen LogP contribution in [0.4, 0.5) is 4.39 Å². The molecule has 3 aromatic rings. The molecule has 0 aliphatic rings. The Bertz CT molecular complexity index is 889. The molecular weight excluding hydrogens is 293 g/mol. The number of hydrogen-bond acceptors (Lipinski definition) is 2. The van der Waals surface area contributed by atoms with Gasteiger partial charge in [0.1, 0.15) is 11.6 Å². The van der Waals surface area contributed by atoms with Crippen LogP contribution in [0.5, 0.6) is 5.75 Å². The van der Waals surface area contributed by atoms with E-state index in [0.717, 1.165) is 0 Å². The summed E-state index contributed by atoms with van der Waals surface area (Å²) in [6.07, 6.45) is 1.56. The molecule has 0 aliphatic carbocycles. The minimum atomic E-state index is -0.503. The van der Waals surface area contributed by atoms with Gasteiger partial charge in [0.15, 0.2) is 0 Å². The second kappa shape index (κ2) is 5.22. The normalized spacial score (nSPS) is 10.8. The number of rotatable bonds is 2. The van der Waals surface area contributed by atoms with E-state index in [9.17, 15) is 9.18 Å². The lowest BCUT2D eigenvalue weighted by molar-refractivity contribution is 0.415. The number of fused-ring (bicyclic) bond motifs is 1. The first-order valence-corrected chi connectivity index (χ1v) is 6.63. The van der Waals surface area contributed by atoms with Gasteiger partial charge < -0.3 is 9.72 Å². The van der Waals surface area contributed by atoms with Crippen molar-refractivity contribution in [2.24, 2.45) is 0 Å². The van der Waals surface area contributed by atoms with Crippen LogP contribution in [0, 0.1) is 5.82 Å². The number of methoxy groups -OCH3 is 1. The van der Waals surface area contributed by atoms with Crippen molar-refractivity contribution < 1.29 is 9.13 Å². The second-order valence-corrected chi connectivity index (χ2v) is 4.98. The van der Waals surface area contributed by atoms with E-state index in [1.54, 1.807) is 37.6 Å². The molecule has 0 fully saturated rings. The number of aromatic amines is 1. The number of hydrogen-bond donors (Lipinski definition) is 1. The highest BCUT2D eigenvalue weighted by Crippen LogP contribution is 2.30. The summed E-state index contributed by atoms with van der Waals surface area (Å²) in [5, 5.41) is 1.27. The van der Waals surface area contributed by atoms with Crippen LogP contribution >= 0.6 is 11.6 Å². The van der Waals surface area contributed by atoms with Crippen LogP contribution in [0.15, 0.2) is 47.4 Å². The fourth-order valence-corrected chi connectivity index (χ4v) is 2.38. The quantitative estimate of drug-likeness (QED) is 0.777. The van der Waals surface area contributed by atoms with Crippen LogP contribution in [0.2, 0.25) is 5.02 Å². The van der Waals surface area contributed by atoms with Crippen LogP contribution in [0.3, 0.4) is 0 Å². The molecule has 0 saturated carbocycles. The van der Waals surface area contributed by atoms with E-state index in [1.807, 2.05) is 0 Å². The molecule has 21 heavy (non-hydrogen) atoms. The highest BCUT2D eigenvalue weighted by atomic mass is 35.5. The van der Waals surface area contributed by atoms with E-state index in [-0.39, 0.29) is 10.6 Å². The maximum atomic E-state index is 13.7. The van der Waals surface area contributed by atoms with Crippen molar-refractivity contribution in [2.75, 3.05) is 7.11 Å². The Morgan fingerprint density at radius 1 is 1.14 bits per heavy atom. The maximum Gasteiger partial charge on any atom is 0.255 e. The van der Waals surface area contributed by atoms with Crippen molar-refractivity contribution in [3.63, 3.8) is 0 Å². The maximum absolute atomic E-state index is 13.7. The predicted octanol–water partition coefficient (Wildman–Crippen LogP) is 4.00. The zero-order valence-corrected chi connectivity index (χ0v) is 11.9. The van der Waals surface area contributed by atoms with E-state index in [1.165, 1.54) is 12.1 Å². The Kier molecular flexibility index (Phi) is 3.39. The van der Waals surface area contributed by atoms with Gasteiger partial charge in [-0.2, -0.15) is 0 Å². The van der Waals surface area contributed by atoms with Gasteiger partial charge in [0, 0.05) is 22.5 Å². The van der Waals surface area contributed by atoms with Crippen LogP contribution in [0.25, 0.3) is 21.9 Å². The third-order valence-electron chi connectivity index (χ3n) is 3.34. The molecule has 0 radical (unpaired) electrons. The number of halogens is 2. The summed E-state index contributed by atoms with van der Waals surface area (Å²) < 4.78 is 18.8. The molecule has 3 nitrogen and oxygen atoms in total. The van der Waals surface area contributed by atoms with Gasteiger partial charge in [-0.1, -0.05) is 17.7 Å². The summed E-state index contributed by atoms with van der Waals surface area (Å²) in [6, 6.07) is 9.69. The Balaban J connectivity index is 2.33. The molecule has 0 bridgehead atoms. The first-order valence-electron chi connectivity index (χ1n) is 6.25. The lowest BCUT2D eigenvalue weighted by atomic mass is 10.0. The van der Waals surface area contributed by atoms with Gasteiger partial charge in [-0.15, -0.1) is 0 Å². The minimum Gasteiger partial charge on any atom is -0.497 e. The molecule has 3 rings (SSSR count). The molecule has 2 aromatic carbocycles. The van der Waals surface area contributed by atoms with Gasteiger partial charge >= 0.3 is 0 Å². The lowest BCUT2D eigenvalue weighted by Crippen LogP contribution is -2.06. The first kappa shape index (κ1) is 13.6. The lowest BCUT2D eigenvalue weighted by Gasteiger charge is -2.08. The van der Waals surface area contributed by atoms with Crippen LogP contribution in [-0.2, 0) is 0 Å². The van der Waals surface area contributed by atoms with Gasteiger partial charge in [-0.3, -0.25) is 4.79 Å². The summed E-state index contributed by atoms with van der Waals surface area (Å²) in [7, 11) is 1.55. The van der Waals surface area contributed by atoms with Gasteiger partial charge in [0.2, 0.25) is 0 Å². The summed E-state index contributed by atoms with van der Waals surface area (Å²) >= 11 is 5.71. The molecule has 0 saturated heterocycles. The standard InChI is InChI=1S/C16H11ClFNO2/c1-21-10-3-4-11-12(7-10)13(8-19-16(11)20)9-2-5-14(17)15(18)6-9/h2-8H,1H3,(H,19,20). The topological polar surface area (TPSA) is 42.1 Å². The van der Waals surface area contributed by atoms with Gasteiger partial charge in [-0.25, -0.2) is 4.39 Å². The number of H-pyrrole nitrogens is 1. The van der Waals surface area contributed by atoms with Crippen molar-refractivity contribution >= 4 is 22.4 Å². The highest BCUT2D eigenvalue weighted by molar-refractivity contribution is 6.30. The predicted molar refractivity (Wildman–Crippen MR) is 81.5 cm³/mol. The zero-order chi connectivity index (χ0) is 15.0. The van der Waals surface area contributed by atoms with Crippen molar-refractivity contribution in [2.45, 2.75) is 0 Å². The van der Waals surface area contributed by atoms with E-state index in [2.05, 4.69) is 4.98 Å². The van der Waals surface area contributed by atoms with Gasteiger partial charge in [-0.05, 0) is 35.9 Å². The second-order valence-electron chi connectivity index (χ2n) is 4.57. The highest BCUT2D eigenvalue weighted by Gasteiger charge is 2.10. The third-order valence-corrected chi connectivity index (χ3v) is 3.65. The van der Waals surface area contributed by atoms with Gasteiger partial charge in [0.25, 0.3) is 5.56 Å². The van der Waals surface area contributed by atoms with Crippen molar-refractivity contribution in [3.8, 4) is 16.9 Å². The molecule has 0 aliphatic heterocycles. The number of benzene rings is 2. The van der Waals surface area contributed by atoms with Crippen LogP contribution in [0.1, 0.15) is 0 Å². The summed E-state index contributed by atoms with van der Waals surface area (Å²) in [4.78, 5) is 14.6. The Hall–Kier alpha value is -2.33. The molecular formula is C16H11ClFNO2. The number of nitrogens with one attached hydrogen (secondary N) is 1. The summed E-state index contributed by atoms with van der Waals surface area (Å²) in [5.41, 5.74) is 1.14. The largest absolute Gasteiger partial charge is 0.497 e. The Labute approximate surface area is 124 Å². The van der Waals surface area contributed by atoms with Crippen molar-refractivity contribution in [1.29, 1.82) is 0 Å². The van der Waals surface area contributed by atoms with Crippen molar-refractivity contribution in [3.05, 3.63) is 63.8 Å². The molecule has 0 atom stereocenters. The molecule has 1 aromatic heterocycles. The molecule has 1 N–H and O–H groups in total. The Morgan fingerprint density at radius 2 is 1.95 bits per heavy atom. The van der Waals surface area contributed by atoms with Crippen LogP contribution in [-0.4, -0.2) is 12.1 Å². The van der Waals surface area contributed by atoms with E-state index in [4.69, 9.17) is 16.3 Å². The molecule has 0 unspecified atom stereocenters. The number of ether oxygens (including phenoxy) is 1. The zero-order valence-electron chi connectivity index (χ0n) is 11.1. The van der Waals surface area contributed by atoms with Crippen molar-refractivity contribution in [1.82, 2.24) is 4.98 Å². The Morgan fingerprint density at radius 3 is 2.67 bits per heavy atom. The summed E-state index contributed by atoms with van der Waals surface area (Å²) in [5.74, 6) is 0.125. The number of aromatic nitrogens is 1. The fourth-order valence-electron chi connectivity index (χ4n) is 2.27.